The first-order valence-electron chi connectivity index (χ1n) is 7.75. The van der Waals surface area contributed by atoms with E-state index in [0.29, 0.717) is 0 Å². The molecule has 0 fully saturated rings. The SMILES string of the molecule is CC(C)(CO)CC(C)(C)NC(C)(C)CC(C)(C)CCO. The molecule has 3 heteroatoms. The van der Waals surface area contributed by atoms with Gasteiger partial charge in [0.05, 0.1) is 0 Å². The average Bonchev–Trinajstić information content (AvgIpc) is 2.10. The van der Waals surface area contributed by atoms with Crippen LogP contribution >= 0.6 is 0 Å². The molecular weight excluding hydrogens is 250 g/mol. The fourth-order valence-electron chi connectivity index (χ4n) is 3.84. The molecule has 0 aliphatic carbocycles. The molecule has 0 unspecified atom stereocenters. The summed E-state index contributed by atoms with van der Waals surface area (Å²) in [5, 5.41) is 22.4. The normalized spacial score (nSPS) is 14.7. The number of aliphatic hydroxyl groups excluding tert-OH is 2. The largest absolute Gasteiger partial charge is 0.396 e. The van der Waals surface area contributed by atoms with E-state index >= 15 is 0 Å². The smallest absolute Gasteiger partial charge is 0.0482 e. The highest BCUT2D eigenvalue weighted by atomic mass is 16.3. The van der Waals surface area contributed by atoms with Crippen molar-refractivity contribution >= 4 is 0 Å². The summed E-state index contributed by atoms with van der Waals surface area (Å²) in [4.78, 5) is 0. The second kappa shape index (κ2) is 6.76. The molecule has 0 aromatic heterocycles. The highest BCUT2D eigenvalue weighted by Gasteiger charge is 2.35. The van der Waals surface area contributed by atoms with Gasteiger partial charge in [0, 0.05) is 24.3 Å². The van der Waals surface area contributed by atoms with E-state index in [2.05, 4.69) is 60.7 Å². The summed E-state index contributed by atoms with van der Waals surface area (Å²) < 4.78 is 0. The molecule has 0 spiro atoms. The molecule has 0 bridgehead atoms. The number of nitrogens with one attached hydrogen (secondary N) is 1. The summed E-state index contributed by atoms with van der Waals surface area (Å²) in [6.45, 7) is 17.9. The minimum absolute atomic E-state index is 0.00624. The maximum atomic E-state index is 9.46. The van der Waals surface area contributed by atoms with Crippen molar-refractivity contribution in [3.05, 3.63) is 0 Å². The van der Waals surface area contributed by atoms with Gasteiger partial charge >= 0.3 is 0 Å². The predicted octanol–water partition coefficient (Wildman–Crippen LogP) is 3.34. The summed E-state index contributed by atoms with van der Waals surface area (Å²) in [5.41, 5.74) is -0.000245. The van der Waals surface area contributed by atoms with Gasteiger partial charge in [-0.15, -0.1) is 0 Å². The Hall–Kier alpha value is -0.120. The molecule has 0 aliphatic heterocycles. The molecule has 0 saturated heterocycles. The van der Waals surface area contributed by atoms with Crippen molar-refractivity contribution in [1.82, 2.24) is 5.32 Å². The molecule has 20 heavy (non-hydrogen) atoms. The van der Waals surface area contributed by atoms with E-state index in [-0.39, 0.29) is 35.1 Å². The molecule has 0 amide bonds. The lowest BCUT2D eigenvalue weighted by atomic mass is 9.75. The van der Waals surface area contributed by atoms with Crippen LogP contribution in [0.25, 0.3) is 0 Å². The van der Waals surface area contributed by atoms with Crippen molar-refractivity contribution in [3.8, 4) is 0 Å². The number of hydrogen-bond acceptors (Lipinski definition) is 3. The Morgan fingerprint density at radius 3 is 1.45 bits per heavy atom. The first-order chi connectivity index (χ1) is 8.74. The van der Waals surface area contributed by atoms with Crippen LogP contribution in [0.4, 0.5) is 0 Å². The van der Waals surface area contributed by atoms with E-state index in [1.165, 1.54) is 0 Å². The Morgan fingerprint density at radius 2 is 1.10 bits per heavy atom. The Labute approximate surface area is 126 Å². The second-order valence-electron chi connectivity index (χ2n) is 9.21. The quantitative estimate of drug-likeness (QED) is 0.609. The molecule has 0 aromatic rings. The summed E-state index contributed by atoms with van der Waals surface area (Å²) in [6.07, 6.45) is 2.74. The average molecular weight is 287 g/mol. The van der Waals surface area contributed by atoms with Crippen LogP contribution in [-0.4, -0.2) is 34.5 Å². The van der Waals surface area contributed by atoms with Gasteiger partial charge in [-0.25, -0.2) is 0 Å². The molecule has 3 nitrogen and oxygen atoms in total. The summed E-state index contributed by atoms with van der Waals surface area (Å²) in [6, 6.07) is 0. The third-order valence-corrected chi connectivity index (χ3v) is 3.73. The summed E-state index contributed by atoms with van der Waals surface area (Å²) >= 11 is 0. The van der Waals surface area contributed by atoms with E-state index in [1.54, 1.807) is 0 Å². The van der Waals surface area contributed by atoms with Crippen LogP contribution in [0.15, 0.2) is 0 Å². The van der Waals surface area contributed by atoms with E-state index in [1.807, 2.05) is 0 Å². The van der Waals surface area contributed by atoms with Gasteiger partial charge in [-0.05, 0) is 57.8 Å². The molecule has 0 aromatic carbocycles. The standard InChI is InChI=1S/C17H37NO2/c1-14(2,9-10-19)11-16(5,6)18-17(7,8)12-15(3,4)13-20/h18-20H,9-13H2,1-8H3. The molecular formula is C17H37NO2. The van der Waals surface area contributed by atoms with E-state index in [9.17, 15) is 5.11 Å². The second-order valence-corrected chi connectivity index (χ2v) is 9.21. The van der Waals surface area contributed by atoms with Crippen LogP contribution in [0.3, 0.4) is 0 Å². The van der Waals surface area contributed by atoms with Gasteiger partial charge < -0.3 is 15.5 Å². The number of rotatable bonds is 9. The van der Waals surface area contributed by atoms with Gasteiger partial charge in [0.1, 0.15) is 0 Å². The van der Waals surface area contributed by atoms with Crippen molar-refractivity contribution in [2.75, 3.05) is 13.2 Å². The Kier molecular flexibility index (Phi) is 6.72. The zero-order chi connectivity index (χ0) is 16.2. The van der Waals surface area contributed by atoms with Crippen LogP contribution in [-0.2, 0) is 0 Å². The lowest BCUT2D eigenvalue weighted by molar-refractivity contribution is 0.0908. The summed E-state index contributed by atoms with van der Waals surface area (Å²) in [5.74, 6) is 0. The minimum atomic E-state index is -0.0762. The fraction of sp³-hybridized carbons (Fsp3) is 1.00. The van der Waals surface area contributed by atoms with Crippen LogP contribution in [0, 0.1) is 10.8 Å². The molecule has 3 N–H and O–H groups in total. The highest BCUT2D eigenvalue weighted by molar-refractivity contribution is 4.94. The monoisotopic (exact) mass is 287 g/mol. The van der Waals surface area contributed by atoms with Crippen molar-refractivity contribution < 1.29 is 10.2 Å². The first-order valence-corrected chi connectivity index (χ1v) is 7.75. The molecule has 0 heterocycles. The van der Waals surface area contributed by atoms with Crippen LogP contribution < -0.4 is 5.32 Å². The molecule has 0 atom stereocenters. The van der Waals surface area contributed by atoms with E-state index in [0.717, 1.165) is 19.3 Å². The first kappa shape index (κ1) is 19.9. The topological polar surface area (TPSA) is 52.5 Å². The highest BCUT2D eigenvalue weighted by Crippen LogP contribution is 2.34. The molecule has 122 valence electrons. The Bertz CT molecular complexity index is 293. The van der Waals surface area contributed by atoms with Crippen molar-refractivity contribution in [1.29, 1.82) is 0 Å². The fourth-order valence-corrected chi connectivity index (χ4v) is 3.84. The zero-order valence-electron chi connectivity index (χ0n) is 14.9. The Morgan fingerprint density at radius 1 is 0.700 bits per heavy atom. The summed E-state index contributed by atoms with van der Waals surface area (Å²) in [7, 11) is 0. The van der Waals surface area contributed by atoms with Crippen molar-refractivity contribution in [2.45, 2.75) is 85.7 Å². The van der Waals surface area contributed by atoms with Gasteiger partial charge in [-0.2, -0.15) is 0 Å². The van der Waals surface area contributed by atoms with Crippen LogP contribution in [0.1, 0.15) is 74.7 Å². The van der Waals surface area contributed by atoms with E-state index < -0.39 is 0 Å². The zero-order valence-corrected chi connectivity index (χ0v) is 14.9. The van der Waals surface area contributed by atoms with Gasteiger partial charge in [0.25, 0.3) is 0 Å². The van der Waals surface area contributed by atoms with Gasteiger partial charge in [0.15, 0.2) is 0 Å². The predicted molar refractivity (Wildman–Crippen MR) is 86.9 cm³/mol. The van der Waals surface area contributed by atoms with Gasteiger partial charge in [0.2, 0.25) is 0 Å². The third-order valence-electron chi connectivity index (χ3n) is 3.73. The van der Waals surface area contributed by atoms with Crippen molar-refractivity contribution in [2.24, 2.45) is 10.8 Å². The minimum Gasteiger partial charge on any atom is -0.396 e. The maximum absolute atomic E-state index is 9.46. The maximum Gasteiger partial charge on any atom is 0.0482 e. The van der Waals surface area contributed by atoms with Crippen LogP contribution in [0.2, 0.25) is 0 Å². The molecule has 0 saturated carbocycles. The molecule has 0 rings (SSSR count). The van der Waals surface area contributed by atoms with Crippen LogP contribution in [0.5, 0.6) is 0 Å². The van der Waals surface area contributed by atoms with Gasteiger partial charge in [-0.3, -0.25) is 0 Å². The van der Waals surface area contributed by atoms with Crippen molar-refractivity contribution in [3.63, 3.8) is 0 Å². The van der Waals surface area contributed by atoms with E-state index in [4.69, 9.17) is 5.11 Å². The number of aliphatic hydroxyl groups is 2. The lowest BCUT2D eigenvalue weighted by Gasteiger charge is -2.44. The van der Waals surface area contributed by atoms with Gasteiger partial charge in [-0.1, -0.05) is 27.7 Å². The molecule has 0 radical (unpaired) electrons. The Balaban J connectivity index is 4.73. The third kappa shape index (κ3) is 8.23. The lowest BCUT2D eigenvalue weighted by Crippen LogP contribution is -2.55. The number of hydrogen-bond donors (Lipinski definition) is 3. The molecule has 0 aliphatic rings.